The first-order valence-corrected chi connectivity index (χ1v) is 2.87. The second-order valence-electron chi connectivity index (χ2n) is 1.27. The fourth-order valence-corrected chi connectivity index (χ4v) is 0.614. The van der Waals surface area contributed by atoms with Gasteiger partial charge in [-0.05, 0) is 12.1 Å². The summed E-state index contributed by atoms with van der Waals surface area (Å²) in [6, 6.07) is 5.55. The maximum absolute atomic E-state index is 3.88. The van der Waals surface area contributed by atoms with Crippen molar-refractivity contribution in [3.05, 3.63) is 24.4 Å². The van der Waals surface area contributed by atoms with Crippen LogP contribution in [-0.4, -0.2) is 4.98 Å². The van der Waals surface area contributed by atoms with Gasteiger partial charge in [-0.3, -0.25) is 0 Å². The highest BCUT2D eigenvalue weighted by atomic mass is 79.9. The molecule has 0 amide bonds. The minimum atomic E-state index is 0.701. The first-order chi connectivity index (χ1) is 3.93. The largest absolute Gasteiger partial charge is 0.237 e. The summed E-state index contributed by atoms with van der Waals surface area (Å²) in [5.41, 5.74) is 0. The summed E-state index contributed by atoms with van der Waals surface area (Å²) in [6.07, 6.45) is 1.69. The molecule has 1 rings (SSSR count). The average Bonchev–Trinajstić information content (AvgIpc) is 1.90. The molecule has 1 aromatic rings. The summed E-state index contributed by atoms with van der Waals surface area (Å²) in [6.45, 7) is 0. The van der Waals surface area contributed by atoms with Gasteiger partial charge in [0, 0.05) is 6.20 Å². The third-order valence-electron chi connectivity index (χ3n) is 0.736. The molecule has 0 saturated carbocycles. The van der Waals surface area contributed by atoms with Gasteiger partial charge in [0.2, 0.25) is 0 Å². The predicted octanol–water partition coefficient (Wildman–Crippen LogP) is 1.63. The summed E-state index contributed by atoms with van der Waals surface area (Å²) in [5, 5.41) is 0. The molecule has 3 heteroatoms. The molecule has 1 aromatic heterocycles. The third kappa shape index (κ3) is 1.20. The molecule has 0 saturated heterocycles. The highest BCUT2D eigenvalue weighted by molar-refractivity contribution is 9.08. The van der Waals surface area contributed by atoms with E-state index in [9.17, 15) is 0 Å². The van der Waals surface area contributed by atoms with Crippen LogP contribution in [0.15, 0.2) is 24.4 Å². The van der Waals surface area contributed by atoms with E-state index < -0.39 is 0 Å². The average molecular weight is 172 g/mol. The molecule has 0 atom stereocenters. The summed E-state index contributed by atoms with van der Waals surface area (Å²) in [4.78, 5) is 3.88. The number of rotatable bonds is 1. The maximum atomic E-state index is 3.88. The minimum Gasteiger partial charge on any atom is -0.237 e. The number of aromatic nitrogens is 1. The number of pyridine rings is 1. The van der Waals surface area contributed by atoms with Gasteiger partial charge in [0.25, 0.3) is 0 Å². The fourth-order valence-electron chi connectivity index (χ4n) is 0.404. The van der Waals surface area contributed by atoms with Gasteiger partial charge in [0.15, 0.2) is 5.82 Å². The zero-order valence-corrected chi connectivity index (χ0v) is 5.67. The van der Waals surface area contributed by atoms with Crippen molar-refractivity contribution in [2.45, 2.75) is 0 Å². The number of halogens is 1. The van der Waals surface area contributed by atoms with Crippen LogP contribution >= 0.6 is 16.1 Å². The zero-order chi connectivity index (χ0) is 5.82. The van der Waals surface area contributed by atoms with Crippen molar-refractivity contribution in [1.82, 2.24) is 9.33 Å². The lowest BCUT2D eigenvalue weighted by Gasteiger charge is -1.87. The second-order valence-corrected chi connectivity index (χ2v) is 1.63. The number of hydrogen-bond donors (Lipinski definition) is 0. The Labute approximate surface area is 56.3 Å². The van der Waals surface area contributed by atoms with Crippen molar-refractivity contribution in [1.29, 1.82) is 0 Å². The molecule has 41 valence electrons. The molecule has 0 bridgehead atoms. The van der Waals surface area contributed by atoms with E-state index in [2.05, 4.69) is 25.5 Å². The Morgan fingerprint density at radius 2 is 2.38 bits per heavy atom. The predicted molar refractivity (Wildman–Crippen MR) is 35.0 cm³/mol. The molecular formula is C5H4BrN2. The Balaban J connectivity index is 2.83. The lowest BCUT2D eigenvalue weighted by Crippen LogP contribution is -1.79. The zero-order valence-electron chi connectivity index (χ0n) is 4.08. The van der Waals surface area contributed by atoms with Crippen LogP contribution in [0.1, 0.15) is 0 Å². The topological polar surface area (TPSA) is 27.0 Å². The van der Waals surface area contributed by atoms with Crippen LogP contribution in [0.4, 0.5) is 5.82 Å². The Morgan fingerprint density at radius 3 is 2.75 bits per heavy atom. The molecule has 0 spiro atoms. The molecule has 0 aliphatic rings. The molecule has 8 heavy (non-hydrogen) atoms. The van der Waals surface area contributed by atoms with Gasteiger partial charge in [0.05, 0.1) is 16.1 Å². The van der Waals surface area contributed by atoms with E-state index in [1.54, 1.807) is 6.20 Å². The molecule has 0 N–H and O–H groups in total. The van der Waals surface area contributed by atoms with E-state index in [4.69, 9.17) is 0 Å². The van der Waals surface area contributed by atoms with Crippen molar-refractivity contribution in [2.24, 2.45) is 0 Å². The van der Waals surface area contributed by atoms with Crippen LogP contribution < -0.4 is 4.34 Å². The SMILES string of the molecule is Br[N]c1ccccn1. The quantitative estimate of drug-likeness (QED) is 0.632. The normalized spacial score (nSPS) is 8.62. The third-order valence-corrected chi connectivity index (χ3v) is 1.10. The molecule has 0 unspecified atom stereocenters. The summed E-state index contributed by atoms with van der Waals surface area (Å²) >= 11 is 2.92. The molecule has 0 aliphatic carbocycles. The molecule has 1 heterocycles. The smallest absolute Gasteiger partial charge is 0.159 e. The lowest BCUT2D eigenvalue weighted by atomic mass is 10.5. The Morgan fingerprint density at radius 1 is 1.50 bits per heavy atom. The molecular weight excluding hydrogens is 168 g/mol. The van der Waals surface area contributed by atoms with Crippen LogP contribution in [0, 0.1) is 0 Å². The molecule has 2 nitrogen and oxygen atoms in total. The van der Waals surface area contributed by atoms with E-state index in [0.717, 1.165) is 0 Å². The first kappa shape index (κ1) is 5.56. The van der Waals surface area contributed by atoms with Crippen LogP contribution in [0.25, 0.3) is 0 Å². The number of nitrogens with zero attached hydrogens (tertiary/aromatic N) is 2. The Bertz CT molecular complexity index is 152. The fraction of sp³-hybridized carbons (Fsp3) is 0. The van der Waals surface area contributed by atoms with E-state index in [-0.39, 0.29) is 0 Å². The highest BCUT2D eigenvalue weighted by Crippen LogP contribution is 2.00. The van der Waals surface area contributed by atoms with Crippen molar-refractivity contribution in [3.8, 4) is 0 Å². The van der Waals surface area contributed by atoms with Crippen LogP contribution in [0.2, 0.25) is 0 Å². The van der Waals surface area contributed by atoms with Crippen molar-refractivity contribution in [3.63, 3.8) is 0 Å². The van der Waals surface area contributed by atoms with Gasteiger partial charge in [0.1, 0.15) is 0 Å². The van der Waals surface area contributed by atoms with Gasteiger partial charge in [-0.15, -0.1) is 0 Å². The van der Waals surface area contributed by atoms with Crippen LogP contribution in [0.3, 0.4) is 0 Å². The van der Waals surface area contributed by atoms with Crippen LogP contribution in [-0.2, 0) is 0 Å². The Kier molecular flexibility index (Phi) is 1.86. The lowest BCUT2D eigenvalue weighted by molar-refractivity contribution is 1.22. The summed E-state index contributed by atoms with van der Waals surface area (Å²) in [7, 11) is 0. The van der Waals surface area contributed by atoms with E-state index in [1.807, 2.05) is 18.2 Å². The van der Waals surface area contributed by atoms with Crippen molar-refractivity contribution >= 4 is 22.0 Å². The van der Waals surface area contributed by atoms with E-state index in [0.29, 0.717) is 5.82 Å². The van der Waals surface area contributed by atoms with Gasteiger partial charge in [-0.25, -0.2) is 4.98 Å². The molecule has 1 radical (unpaired) electrons. The van der Waals surface area contributed by atoms with Gasteiger partial charge < -0.3 is 0 Å². The van der Waals surface area contributed by atoms with E-state index >= 15 is 0 Å². The van der Waals surface area contributed by atoms with E-state index in [1.165, 1.54) is 0 Å². The monoisotopic (exact) mass is 171 g/mol. The molecule has 0 aromatic carbocycles. The first-order valence-electron chi connectivity index (χ1n) is 2.16. The minimum absolute atomic E-state index is 0.701. The molecule has 0 aliphatic heterocycles. The Hall–Kier alpha value is -0.570. The summed E-state index contributed by atoms with van der Waals surface area (Å²) < 4.78 is 3.67. The highest BCUT2D eigenvalue weighted by Gasteiger charge is 1.83. The van der Waals surface area contributed by atoms with Gasteiger partial charge >= 0.3 is 0 Å². The summed E-state index contributed by atoms with van der Waals surface area (Å²) in [5.74, 6) is 0.701. The standard InChI is InChI=1S/C5H4BrN2/c6-8-5-3-1-2-4-7-5/h1-4H. The number of hydrogen-bond acceptors (Lipinski definition) is 1. The second kappa shape index (κ2) is 2.67. The maximum Gasteiger partial charge on any atom is 0.159 e. The van der Waals surface area contributed by atoms with Crippen LogP contribution in [0.5, 0.6) is 0 Å². The van der Waals surface area contributed by atoms with Crippen molar-refractivity contribution in [2.75, 3.05) is 0 Å². The van der Waals surface area contributed by atoms with Gasteiger partial charge in [-0.2, -0.15) is 4.34 Å². The van der Waals surface area contributed by atoms with Crippen molar-refractivity contribution < 1.29 is 0 Å². The van der Waals surface area contributed by atoms with Gasteiger partial charge in [-0.1, -0.05) is 6.07 Å². The molecule has 0 fully saturated rings.